The van der Waals surface area contributed by atoms with Crippen LogP contribution in [0.2, 0.25) is 0 Å². The summed E-state index contributed by atoms with van der Waals surface area (Å²) in [7, 11) is 0. The first-order valence-corrected chi connectivity index (χ1v) is 8.98. The van der Waals surface area contributed by atoms with Gasteiger partial charge in [0, 0.05) is 30.3 Å². The SMILES string of the molecule is Cc1ccc(C2CCN3c4ccccc4C4=NCCN4C23)c(C)c1. The summed E-state index contributed by atoms with van der Waals surface area (Å²) < 4.78 is 0. The molecule has 0 saturated carbocycles. The van der Waals surface area contributed by atoms with E-state index in [0.717, 1.165) is 19.6 Å². The van der Waals surface area contributed by atoms with Gasteiger partial charge < -0.3 is 9.80 Å². The van der Waals surface area contributed by atoms with Crippen molar-refractivity contribution in [2.75, 3.05) is 24.5 Å². The molecule has 3 heteroatoms. The highest BCUT2D eigenvalue weighted by molar-refractivity contribution is 6.06. The van der Waals surface area contributed by atoms with Gasteiger partial charge >= 0.3 is 0 Å². The Labute approximate surface area is 143 Å². The first kappa shape index (κ1) is 14.1. The van der Waals surface area contributed by atoms with Crippen molar-refractivity contribution in [1.82, 2.24) is 4.90 Å². The number of rotatable bonds is 1. The van der Waals surface area contributed by atoms with Gasteiger partial charge in [0.1, 0.15) is 12.0 Å². The fourth-order valence-electron chi connectivity index (χ4n) is 4.85. The summed E-state index contributed by atoms with van der Waals surface area (Å²) in [5.41, 5.74) is 6.97. The monoisotopic (exact) mass is 317 g/mol. The lowest BCUT2D eigenvalue weighted by molar-refractivity contribution is 0.310. The molecular weight excluding hydrogens is 294 g/mol. The average Bonchev–Trinajstić information content (AvgIpc) is 3.22. The lowest BCUT2D eigenvalue weighted by Gasteiger charge is -2.44. The number of para-hydroxylation sites is 1. The quantitative estimate of drug-likeness (QED) is 0.798. The molecule has 1 saturated heterocycles. The Kier molecular flexibility index (Phi) is 2.99. The van der Waals surface area contributed by atoms with Crippen LogP contribution in [0.1, 0.15) is 34.6 Å². The van der Waals surface area contributed by atoms with Gasteiger partial charge in [0.05, 0.1) is 6.54 Å². The summed E-state index contributed by atoms with van der Waals surface area (Å²) in [6, 6.07) is 15.7. The minimum absolute atomic E-state index is 0.419. The molecule has 2 unspecified atom stereocenters. The van der Waals surface area contributed by atoms with Crippen LogP contribution in [-0.2, 0) is 0 Å². The van der Waals surface area contributed by atoms with Crippen LogP contribution in [0, 0.1) is 13.8 Å². The first-order chi connectivity index (χ1) is 11.7. The van der Waals surface area contributed by atoms with E-state index in [4.69, 9.17) is 4.99 Å². The Morgan fingerprint density at radius 3 is 2.75 bits per heavy atom. The third-order valence-electron chi connectivity index (χ3n) is 5.83. The molecule has 3 heterocycles. The third kappa shape index (κ3) is 1.87. The number of hydrogen-bond donors (Lipinski definition) is 0. The van der Waals surface area contributed by atoms with Crippen LogP contribution < -0.4 is 4.90 Å². The highest BCUT2D eigenvalue weighted by Crippen LogP contribution is 2.45. The molecule has 24 heavy (non-hydrogen) atoms. The molecule has 0 aliphatic carbocycles. The smallest absolute Gasteiger partial charge is 0.134 e. The molecule has 0 spiro atoms. The molecular formula is C21H23N3. The molecule has 0 radical (unpaired) electrons. The number of amidine groups is 1. The van der Waals surface area contributed by atoms with Crippen molar-refractivity contribution in [2.45, 2.75) is 32.4 Å². The summed E-state index contributed by atoms with van der Waals surface area (Å²) in [4.78, 5) is 10.0. The van der Waals surface area contributed by atoms with Gasteiger partial charge in [-0.25, -0.2) is 0 Å². The number of hydrogen-bond acceptors (Lipinski definition) is 3. The summed E-state index contributed by atoms with van der Waals surface area (Å²) in [6.07, 6.45) is 1.63. The van der Waals surface area contributed by atoms with Crippen molar-refractivity contribution in [2.24, 2.45) is 4.99 Å². The molecule has 0 amide bonds. The minimum Gasteiger partial charge on any atom is -0.350 e. The molecule has 2 atom stereocenters. The lowest BCUT2D eigenvalue weighted by Crippen LogP contribution is -2.53. The van der Waals surface area contributed by atoms with Crippen molar-refractivity contribution in [1.29, 1.82) is 0 Å². The van der Waals surface area contributed by atoms with Crippen molar-refractivity contribution >= 4 is 11.5 Å². The summed E-state index contributed by atoms with van der Waals surface area (Å²) in [5, 5.41) is 0. The second kappa shape index (κ2) is 5.10. The Morgan fingerprint density at radius 2 is 1.88 bits per heavy atom. The zero-order chi connectivity index (χ0) is 16.3. The standard InChI is InChI=1S/C21H23N3/c1-14-7-8-16(15(2)13-14)17-9-11-23-19-6-4-3-5-18(19)20-22-10-12-24(20)21(17)23/h3-8,13,17,21H,9-12H2,1-2H3. The van der Waals surface area contributed by atoms with Crippen LogP contribution in [0.15, 0.2) is 47.5 Å². The highest BCUT2D eigenvalue weighted by atomic mass is 15.4. The maximum atomic E-state index is 4.84. The Hall–Kier alpha value is -2.29. The van der Waals surface area contributed by atoms with E-state index in [1.165, 1.54) is 40.2 Å². The number of fused-ring (bicyclic) bond motifs is 6. The normalized spacial score (nSPS) is 24.5. The summed E-state index contributed by atoms with van der Waals surface area (Å²) in [5.74, 6) is 1.77. The van der Waals surface area contributed by atoms with Crippen molar-refractivity contribution in [3.63, 3.8) is 0 Å². The maximum absolute atomic E-state index is 4.84. The van der Waals surface area contributed by atoms with Gasteiger partial charge in [0.2, 0.25) is 0 Å². The number of anilines is 1. The highest BCUT2D eigenvalue weighted by Gasteiger charge is 2.46. The van der Waals surface area contributed by atoms with Gasteiger partial charge in [0.25, 0.3) is 0 Å². The second-order valence-electron chi connectivity index (χ2n) is 7.28. The van der Waals surface area contributed by atoms with E-state index in [9.17, 15) is 0 Å². The van der Waals surface area contributed by atoms with Crippen LogP contribution in [0.5, 0.6) is 0 Å². The zero-order valence-corrected chi connectivity index (χ0v) is 14.4. The van der Waals surface area contributed by atoms with E-state index in [0.29, 0.717) is 12.1 Å². The Bertz CT molecular complexity index is 839. The fraction of sp³-hybridized carbons (Fsp3) is 0.381. The molecule has 3 aliphatic heterocycles. The van der Waals surface area contributed by atoms with Crippen molar-refractivity contribution in [3.8, 4) is 0 Å². The van der Waals surface area contributed by atoms with E-state index >= 15 is 0 Å². The van der Waals surface area contributed by atoms with E-state index in [1.807, 2.05) is 0 Å². The van der Waals surface area contributed by atoms with Crippen LogP contribution in [0.4, 0.5) is 5.69 Å². The Morgan fingerprint density at radius 1 is 1.00 bits per heavy atom. The summed E-state index contributed by atoms with van der Waals surface area (Å²) >= 11 is 0. The molecule has 122 valence electrons. The molecule has 3 nitrogen and oxygen atoms in total. The molecule has 1 fully saturated rings. The molecule has 0 N–H and O–H groups in total. The molecule has 5 rings (SSSR count). The molecule has 0 aromatic heterocycles. The lowest BCUT2D eigenvalue weighted by atomic mass is 9.89. The van der Waals surface area contributed by atoms with Gasteiger partial charge in [-0.1, -0.05) is 35.9 Å². The van der Waals surface area contributed by atoms with Gasteiger partial charge in [-0.2, -0.15) is 0 Å². The molecule has 0 bridgehead atoms. The third-order valence-corrected chi connectivity index (χ3v) is 5.83. The van der Waals surface area contributed by atoms with Gasteiger partial charge in [-0.15, -0.1) is 0 Å². The van der Waals surface area contributed by atoms with E-state index in [-0.39, 0.29) is 0 Å². The number of aliphatic imine (C=N–C) groups is 1. The van der Waals surface area contributed by atoms with Crippen LogP contribution in [0.3, 0.4) is 0 Å². The maximum Gasteiger partial charge on any atom is 0.134 e. The van der Waals surface area contributed by atoms with Crippen molar-refractivity contribution in [3.05, 3.63) is 64.7 Å². The largest absolute Gasteiger partial charge is 0.350 e. The van der Waals surface area contributed by atoms with Gasteiger partial charge in [-0.05, 0) is 43.5 Å². The van der Waals surface area contributed by atoms with Gasteiger partial charge in [0.15, 0.2) is 0 Å². The predicted molar refractivity (Wildman–Crippen MR) is 99.0 cm³/mol. The minimum atomic E-state index is 0.419. The van der Waals surface area contributed by atoms with E-state index in [1.54, 1.807) is 0 Å². The van der Waals surface area contributed by atoms with Crippen molar-refractivity contribution < 1.29 is 0 Å². The number of aryl methyl sites for hydroxylation is 2. The second-order valence-corrected chi connectivity index (χ2v) is 7.28. The topological polar surface area (TPSA) is 18.8 Å². The van der Waals surface area contributed by atoms with Crippen LogP contribution in [-0.4, -0.2) is 36.5 Å². The Balaban J connectivity index is 1.63. The van der Waals surface area contributed by atoms with Gasteiger partial charge in [-0.3, -0.25) is 4.99 Å². The van der Waals surface area contributed by atoms with Crippen LogP contribution in [0.25, 0.3) is 0 Å². The first-order valence-electron chi connectivity index (χ1n) is 8.98. The molecule has 2 aromatic rings. The van der Waals surface area contributed by atoms with E-state index < -0.39 is 0 Å². The molecule has 3 aliphatic rings. The molecule has 2 aromatic carbocycles. The fourth-order valence-corrected chi connectivity index (χ4v) is 4.85. The summed E-state index contributed by atoms with van der Waals surface area (Å²) in [6.45, 7) is 7.55. The number of benzene rings is 2. The zero-order valence-electron chi connectivity index (χ0n) is 14.4. The van der Waals surface area contributed by atoms with E-state index in [2.05, 4.69) is 66.1 Å². The predicted octanol–water partition coefficient (Wildman–Crippen LogP) is 3.70. The number of nitrogens with zero attached hydrogens (tertiary/aromatic N) is 3. The van der Waals surface area contributed by atoms with Crippen LogP contribution >= 0.6 is 0 Å². The average molecular weight is 317 g/mol.